The summed E-state index contributed by atoms with van der Waals surface area (Å²) in [6.45, 7) is 13.4. The van der Waals surface area contributed by atoms with Crippen LogP contribution in [0.15, 0.2) is 18.2 Å². The predicted molar refractivity (Wildman–Crippen MR) is 82.5 cm³/mol. The Labute approximate surface area is 122 Å². The van der Waals surface area contributed by atoms with E-state index in [1.807, 2.05) is 13.0 Å². The van der Waals surface area contributed by atoms with Crippen LogP contribution in [0.3, 0.4) is 0 Å². The van der Waals surface area contributed by atoms with Gasteiger partial charge in [0.25, 0.3) is 0 Å². The van der Waals surface area contributed by atoms with E-state index in [9.17, 15) is 4.79 Å². The highest BCUT2D eigenvalue weighted by atomic mass is 16.6. The number of carbonyl (C=O) groups is 1. The number of rotatable bonds is 5. The summed E-state index contributed by atoms with van der Waals surface area (Å²) < 4.78 is 9.98. The van der Waals surface area contributed by atoms with E-state index < -0.39 is 0 Å². The molecule has 114 valence electrons. The third-order valence-electron chi connectivity index (χ3n) is 2.91. The predicted octanol–water partition coefficient (Wildman–Crippen LogP) is 3.28. The molecule has 0 fully saturated rings. The smallest absolute Gasteiger partial charge is 0.308 e. The van der Waals surface area contributed by atoms with Gasteiger partial charge in [-0.05, 0) is 44.3 Å². The Hall–Kier alpha value is -1.55. The van der Waals surface area contributed by atoms with Crippen LogP contribution in [-0.2, 0) is 4.79 Å². The van der Waals surface area contributed by atoms with Crippen LogP contribution in [0.4, 0.5) is 0 Å². The van der Waals surface area contributed by atoms with Crippen molar-refractivity contribution in [3.05, 3.63) is 23.8 Å². The number of hydrogen-bond acceptors (Lipinski definition) is 4. The van der Waals surface area contributed by atoms with Crippen molar-refractivity contribution in [2.75, 3.05) is 26.7 Å². The first kappa shape index (κ1) is 18.4. The summed E-state index contributed by atoms with van der Waals surface area (Å²) in [5, 5.41) is 0. The van der Waals surface area contributed by atoms with E-state index >= 15 is 0 Å². The molecule has 0 N–H and O–H groups in total. The van der Waals surface area contributed by atoms with Crippen LogP contribution < -0.4 is 9.47 Å². The Bertz CT molecular complexity index is 395. The van der Waals surface area contributed by atoms with E-state index in [0.717, 1.165) is 5.56 Å². The van der Waals surface area contributed by atoms with E-state index in [1.54, 1.807) is 12.1 Å². The molecular formula is C16H27NO3. The number of esters is 1. The van der Waals surface area contributed by atoms with Crippen molar-refractivity contribution in [3.63, 3.8) is 0 Å². The summed E-state index contributed by atoms with van der Waals surface area (Å²) in [5.41, 5.74) is 1.03. The van der Waals surface area contributed by atoms with Gasteiger partial charge in [0.05, 0.1) is 7.11 Å². The number of carbonyl (C=O) groups excluding carboxylic acids is 1. The van der Waals surface area contributed by atoms with E-state index in [2.05, 4.69) is 25.7 Å². The van der Waals surface area contributed by atoms with Gasteiger partial charge in [-0.15, -0.1) is 0 Å². The second kappa shape index (κ2) is 10.3. The molecule has 0 bridgehead atoms. The lowest BCUT2D eigenvalue weighted by Gasteiger charge is -2.13. The fourth-order valence-corrected chi connectivity index (χ4v) is 1.69. The Kier molecular flexibility index (Phi) is 9.47. The molecule has 1 aromatic rings. The summed E-state index contributed by atoms with van der Waals surface area (Å²) in [7, 11) is 1.54. The molecule has 0 atom stereocenters. The zero-order valence-corrected chi connectivity index (χ0v) is 13.5. The van der Waals surface area contributed by atoms with Crippen molar-refractivity contribution in [3.8, 4) is 11.5 Å². The van der Waals surface area contributed by atoms with Gasteiger partial charge in [-0.3, -0.25) is 4.79 Å². The largest absolute Gasteiger partial charge is 0.493 e. The molecule has 0 aliphatic heterocycles. The monoisotopic (exact) mass is 281 g/mol. The van der Waals surface area contributed by atoms with Gasteiger partial charge in [0.15, 0.2) is 11.5 Å². The van der Waals surface area contributed by atoms with Crippen molar-refractivity contribution in [1.29, 1.82) is 0 Å². The minimum Gasteiger partial charge on any atom is -0.493 e. The maximum absolute atomic E-state index is 10.7. The Morgan fingerprint density at radius 3 is 2.00 bits per heavy atom. The van der Waals surface area contributed by atoms with Gasteiger partial charge in [-0.2, -0.15) is 0 Å². The molecule has 0 saturated carbocycles. The molecule has 0 unspecified atom stereocenters. The number of benzene rings is 1. The molecule has 0 amide bonds. The van der Waals surface area contributed by atoms with Gasteiger partial charge in [0, 0.05) is 6.92 Å². The highest BCUT2D eigenvalue weighted by Gasteiger charge is 2.05. The van der Waals surface area contributed by atoms with Gasteiger partial charge >= 0.3 is 5.97 Å². The van der Waals surface area contributed by atoms with E-state index in [0.29, 0.717) is 11.5 Å². The van der Waals surface area contributed by atoms with Crippen LogP contribution in [0, 0.1) is 6.92 Å². The summed E-state index contributed by atoms with van der Waals surface area (Å²) in [4.78, 5) is 13.1. The quantitative estimate of drug-likeness (QED) is 0.613. The summed E-state index contributed by atoms with van der Waals surface area (Å²) >= 11 is 0. The van der Waals surface area contributed by atoms with Crippen molar-refractivity contribution in [2.45, 2.75) is 34.6 Å². The first-order valence-electron chi connectivity index (χ1n) is 7.03. The zero-order chi connectivity index (χ0) is 15.5. The lowest BCUT2D eigenvalue weighted by Crippen LogP contribution is -2.21. The zero-order valence-electron chi connectivity index (χ0n) is 13.5. The van der Waals surface area contributed by atoms with Gasteiger partial charge in [0.1, 0.15) is 0 Å². The van der Waals surface area contributed by atoms with E-state index in [-0.39, 0.29) is 5.97 Å². The fraction of sp³-hybridized carbons (Fsp3) is 0.562. The highest BCUT2D eigenvalue weighted by molar-refractivity contribution is 5.70. The lowest BCUT2D eigenvalue weighted by atomic mass is 10.2. The Morgan fingerprint density at radius 1 is 1.10 bits per heavy atom. The van der Waals surface area contributed by atoms with E-state index in [1.165, 1.54) is 33.7 Å². The van der Waals surface area contributed by atoms with Crippen LogP contribution in [0.25, 0.3) is 0 Å². The second-order valence-corrected chi connectivity index (χ2v) is 4.37. The first-order valence-corrected chi connectivity index (χ1v) is 7.03. The average Bonchev–Trinajstić information content (AvgIpc) is 2.41. The van der Waals surface area contributed by atoms with Crippen LogP contribution in [0.5, 0.6) is 11.5 Å². The second-order valence-electron chi connectivity index (χ2n) is 4.37. The Morgan fingerprint density at radius 2 is 1.65 bits per heavy atom. The molecular weight excluding hydrogens is 254 g/mol. The average molecular weight is 281 g/mol. The normalized spacial score (nSPS) is 9.75. The number of aryl methyl sites for hydroxylation is 1. The van der Waals surface area contributed by atoms with Gasteiger partial charge in [-0.1, -0.05) is 26.8 Å². The molecule has 0 radical (unpaired) electrons. The van der Waals surface area contributed by atoms with Crippen LogP contribution in [0.1, 0.15) is 33.3 Å². The summed E-state index contributed by atoms with van der Waals surface area (Å²) in [6, 6.07) is 5.43. The van der Waals surface area contributed by atoms with E-state index in [4.69, 9.17) is 9.47 Å². The molecule has 1 rings (SSSR count). The third kappa shape index (κ3) is 7.14. The maximum Gasteiger partial charge on any atom is 0.308 e. The van der Waals surface area contributed by atoms with Gasteiger partial charge in [-0.25, -0.2) is 0 Å². The Balaban J connectivity index is 0.000000441. The van der Waals surface area contributed by atoms with Crippen molar-refractivity contribution < 1.29 is 14.3 Å². The molecule has 1 aromatic carbocycles. The lowest BCUT2D eigenvalue weighted by molar-refractivity contribution is -0.132. The molecule has 0 spiro atoms. The minimum absolute atomic E-state index is 0.344. The summed E-state index contributed by atoms with van der Waals surface area (Å²) in [5.74, 6) is 0.694. The standard InChI is InChI=1S/C10H12O3.C6H15N/c1-7-4-5-9(12-3)10(6-7)13-8(2)11;1-4-7(5-2)6-3/h4-6H,1-3H3;4-6H2,1-3H3. The first-order chi connectivity index (χ1) is 9.48. The van der Waals surface area contributed by atoms with Crippen LogP contribution >= 0.6 is 0 Å². The molecule has 0 aromatic heterocycles. The molecule has 0 aliphatic carbocycles. The SMILES string of the molecule is CCN(CC)CC.COc1ccc(C)cc1OC(C)=O. The number of methoxy groups -OCH3 is 1. The topological polar surface area (TPSA) is 38.8 Å². The number of hydrogen-bond donors (Lipinski definition) is 0. The highest BCUT2D eigenvalue weighted by Crippen LogP contribution is 2.27. The molecule has 0 saturated heterocycles. The fourth-order valence-electron chi connectivity index (χ4n) is 1.69. The summed E-state index contributed by atoms with van der Waals surface area (Å²) in [6.07, 6.45) is 0. The van der Waals surface area contributed by atoms with Crippen molar-refractivity contribution in [2.24, 2.45) is 0 Å². The van der Waals surface area contributed by atoms with Crippen LogP contribution in [-0.4, -0.2) is 37.6 Å². The van der Waals surface area contributed by atoms with Crippen LogP contribution in [0.2, 0.25) is 0 Å². The van der Waals surface area contributed by atoms with Gasteiger partial charge in [0.2, 0.25) is 0 Å². The van der Waals surface area contributed by atoms with Crippen molar-refractivity contribution in [1.82, 2.24) is 4.90 Å². The molecule has 4 heteroatoms. The van der Waals surface area contributed by atoms with Gasteiger partial charge < -0.3 is 14.4 Å². The minimum atomic E-state index is -0.344. The molecule has 0 aliphatic rings. The maximum atomic E-state index is 10.7. The number of ether oxygens (including phenoxy) is 2. The third-order valence-corrected chi connectivity index (χ3v) is 2.91. The molecule has 4 nitrogen and oxygen atoms in total. The van der Waals surface area contributed by atoms with Crippen molar-refractivity contribution >= 4 is 5.97 Å². The molecule has 20 heavy (non-hydrogen) atoms. The number of nitrogens with zero attached hydrogens (tertiary/aromatic N) is 1. The molecule has 0 heterocycles.